The van der Waals surface area contributed by atoms with Gasteiger partial charge in [-0.1, -0.05) is 19.1 Å². The minimum Gasteiger partial charge on any atom is -0.491 e. The second-order valence-corrected chi connectivity index (χ2v) is 5.63. The van der Waals surface area contributed by atoms with Crippen molar-refractivity contribution in [3.8, 4) is 5.75 Å². The van der Waals surface area contributed by atoms with Crippen LogP contribution in [0.3, 0.4) is 0 Å². The zero-order valence-electron chi connectivity index (χ0n) is 13.1. The average Bonchev–Trinajstić information content (AvgIpc) is 2.66. The monoisotopic (exact) mass is 290 g/mol. The molecule has 4 nitrogen and oxygen atoms in total. The van der Waals surface area contributed by atoms with Crippen LogP contribution in [-0.4, -0.2) is 43.1 Å². The summed E-state index contributed by atoms with van der Waals surface area (Å²) in [7, 11) is 0. The number of amides is 1. The number of fused-ring (bicyclic) bond motifs is 1. The van der Waals surface area contributed by atoms with Crippen LogP contribution in [-0.2, 0) is 0 Å². The van der Waals surface area contributed by atoms with Gasteiger partial charge in [-0.05, 0) is 44.9 Å². The number of nitrogens with zero attached hydrogens (tertiary/aromatic N) is 1. The summed E-state index contributed by atoms with van der Waals surface area (Å²) < 4.78 is 5.65. The standard InChI is InChI=1S/C17H26N2O2/c1-3-10-18-14(2)7-6-11-19-12-13-21-16-9-5-4-8-15(16)17(19)20/h4-5,8-9,14,18H,3,6-7,10-13H2,1-2H3. The third-order valence-electron chi connectivity index (χ3n) is 3.83. The van der Waals surface area contributed by atoms with Gasteiger partial charge >= 0.3 is 0 Å². The van der Waals surface area contributed by atoms with Crippen molar-refractivity contribution >= 4 is 5.91 Å². The first kappa shape index (κ1) is 15.8. The highest BCUT2D eigenvalue weighted by molar-refractivity contribution is 5.97. The first-order valence-corrected chi connectivity index (χ1v) is 7.97. The minimum absolute atomic E-state index is 0.0947. The van der Waals surface area contributed by atoms with Crippen LogP contribution in [0.5, 0.6) is 5.75 Å². The molecular formula is C17H26N2O2. The third-order valence-corrected chi connectivity index (χ3v) is 3.83. The number of para-hydroxylation sites is 1. The topological polar surface area (TPSA) is 41.6 Å². The fourth-order valence-corrected chi connectivity index (χ4v) is 2.60. The van der Waals surface area contributed by atoms with Crippen molar-refractivity contribution in [3.05, 3.63) is 29.8 Å². The van der Waals surface area contributed by atoms with Gasteiger partial charge < -0.3 is 15.0 Å². The summed E-state index contributed by atoms with van der Waals surface area (Å²) in [5.74, 6) is 0.806. The molecule has 0 saturated carbocycles. The van der Waals surface area contributed by atoms with Crippen molar-refractivity contribution in [2.75, 3.05) is 26.2 Å². The Morgan fingerprint density at radius 3 is 3.00 bits per heavy atom. The normalized spacial score (nSPS) is 16.1. The van der Waals surface area contributed by atoms with Gasteiger partial charge in [-0.25, -0.2) is 0 Å². The van der Waals surface area contributed by atoms with Crippen molar-refractivity contribution < 1.29 is 9.53 Å². The molecule has 1 N–H and O–H groups in total. The Morgan fingerprint density at radius 1 is 1.38 bits per heavy atom. The van der Waals surface area contributed by atoms with Gasteiger partial charge in [0.1, 0.15) is 12.4 Å². The summed E-state index contributed by atoms with van der Waals surface area (Å²) in [5, 5.41) is 3.48. The first-order valence-electron chi connectivity index (χ1n) is 7.97. The van der Waals surface area contributed by atoms with E-state index >= 15 is 0 Å². The molecule has 1 aromatic carbocycles. The minimum atomic E-state index is 0.0947. The predicted molar refractivity (Wildman–Crippen MR) is 84.8 cm³/mol. The molecule has 0 radical (unpaired) electrons. The van der Waals surface area contributed by atoms with Crippen molar-refractivity contribution in [1.82, 2.24) is 10.2 Å². The van der Waals surface area contributed by atoms with E-state index in [1.807, 2.05) is 29.2 Å². The summed E-state index contributed by atoms with van der Waals surface area (Å²) >= 11 is 0. The maximum Gasteiger partial charge on any atom is 0.257 e. The van der Waals surface area contributed by atoms with Gasteiger partial charge in [0, 0.05) is 12.6 Å². The Morgan fingerprint density at radius 2 is 2.19 bits per heavy atom. The fourth-order valence-electron chi connectivity index (χ4n) is 2.60. The number of rotatable bonds is 7. The molecule has 0 spiro atoms. The van der Waals surface area contributed by atoms with Crippen molar-refractivity contribution in [3.63, 3.8) is 0 Å². The number of nitrogens with one attached hydrogen (secondary N) is 1. The molecule has 1 aliphatic rings. The van der Waals surface area contributed by atoms with Crippen LogP contribution < -0.4 is 10.1 Å². The van der Waals surface area contributed by atoms with Crippen LogP contribution in [0, 0.1) is 0 Å². The highest BCUT2D eigenvalue weighted by atomic mass is 16.5. The number of hydrogen-bond donors (Lipinski definition) is 1. The quantitative estimate of drug-likeness (QED) is 0.839. The molecule has 1 amide bonds. The summed E-state index contributed by atoms with van der Waals surface area (Å²) in [6.07, 6.45) is 3.27. The van der Waals surface area contributed by atoms with Gasteiger partial charge in [0.05, 0.1) is 12.1 Å². The lowest BCUT2D eigenvalue weighted by Crippen LogP contribution is -2.34. The largest absolute Gasteiger partial charge is 0.491 e. The Bertz CT molecular complexity index is 462. The predicted octanol–water partition coefficient (Wildman–Crippen LogP) is 2.69. The number of hydrogen-bond acceptors (Lipinski definition) is 3. The molecule has 4 heteroatoms. The molecule has 1 unspecified atom stereocenters. The van der Waals surface area contributed by atoms with Crippen LogP contribution in [0.1, 0.15) is 43.5 Å². The van der Waals surface area contributed by atoms with Crippen LogP contribution in [0.15, 0.2) is 24.3 Å². The average molecular weight is 290 g/mol. The summed E-state index contributed by atoms with van der Waals surface area (Å²) in [6.45, 7) is 7.49. The maximum absolute atomic E-state index is 12.5. The van der Waals surface area contributed by atoms with Crippen molar-refractivity contribution in [2.45, 2.75) is 39.2 Å². The SMILES string of the molecule is CCCNC(C)CCCN1CCOc2ccccc2C1=O. The number of benzene rings is 1. The van der Waals surface area contributed by atoms with Gasteiger partial charge in [-0.15, -0.1) is 0 Å². The Balaban J connectivity index is 1.85. The van der Waals surface area contributed by atoms with E-state index < -0.39 is 0 Å². The van der Waals surface area contributed by atoms with E-state index in [9.17, 15) is 4.79 Å². The second kappa shape index (κ2) is 8.03. The van der Waals surface area contributed by atoms with E-state index in [0.29, 0.717) is 30.5 Å². The zero-order chi connectivity index (χ0) is 15.1. The second-order valence-electron chi connectivity index (χ2n) is 5.63. The number of ether oxygens (including phenoxy) is 1. The van der Waals surface area contributed by atoms with Gasteiger partial charge in [-0.3, -0.25) is 4.79 Å². The van der Waals surface area contributed by atoms with E-state index in [-0.39, 0.29) is 5.91 Å². The van der Waals surface area contributed by atoms with E-state index in [1.54, 1.807) is 0 Å². The van der Waals surface area contributed by atoms with Gasteiger partial charge in [0.2, 0.25) is 0 Å². The van der Waals surface area contributed by atoms with Crippen LogP contribution in [0.25, 0.3) is 0 Å². The smallest absolute Gasteiger partial charge is 0.257 e. The molecule has 0 bridgehead atoms. The third kappa shape index (κ3) is 4.46. The molecule has 1 atom stereocenters. The first-order chi connectivity index (χ1) is 10.2. The molecule has 1 aromatic rings. The number of carbonyl (C=O) groups is 1. The van der Waals surface area contributed by atoms with Crippen LogP contribution >= 0.6 is 0 Å². The van der Waals surface area contributed by atoms with E-state index in [1.165, 1.54) is 0 Å². The lowest BCUT2D eigenvalue weighted by atomic mass is 10.1. The fraction of sp³-hybridized carbons (Fsp3) is 0.588. The van der Waals surface area contributed by atoms with Gasteiger partial charge in [0.25, 0.3) is 5.91 Å². The van der Waals surface area contributed by atoms with Crippen LogP contribution in [0.4, 0.5) is 0 Å². The Labute approximate surface area is 127 Å². The maximum atomic E-state index is 12.5. The van der Waals surface area contributed by atoms with Crippen LogP contribution in [0.2, 0.25) is 0 Å². The Hall–Kier alpha value is -1.55. The van der Waals surface area contributed by atoms with Gasteiger partial charge in [0.15, 0.2) is 0 Å². The lowest BCUT2D eigenvalue weighted by Gasteiger charge is -2.21. The molecule has 1 heterocycles. The Kier molecular flexibility index (Phi) is 6.05. The molecular weight excluding hydrogens is 264 g/mol. The van der Waals surface area contributed by atoms with Gasteiger partial charge in [-0.2, -0.15) is 0 Å². The van der Waals surface area contributed by atoms with E-state index in [0.717, 1.165) is 32.4 Å². The highest BCUT2D eigenvalue weighted by Crippen LogP contribution is 2.22. The summed E-state index contributed by atoms with van der Waals surface area (Å²) in [5.41, 5.74) is 0.687. The zero-order valence-corrected chi connectivity index (χ0v) is 13.1. The molecule has 116 valence electrons. The molecule has 0 fully saturated rings. The van der Waals surface area contributed by atoms with E-state index in [2.05, 4.69) is 19.2 Å². The highest BCUT2D eigenvalue weighted by Gasteiger charge is 2.22. The molecule has 2 rings (SSSR count). The van der Waals surface area contributed by atoms with E-state index in [4.69, 9.17) is 4.74 Å². The molecule has 1 aliphatic heterocycles. The van der Waals surface area contributed by atoms with Crippen molar-refractivity contribution in [1.29, 1.82) is 0 Å². The number of carbonyl (C=O) groups excluding carboxylic acids is 1. The molecule has 0 aromatic heterocycles. The molecule has 0 saturated heterocycles. The summed E-state index contributed by atoms with van der Waals surface area (Å²) in [4.78, 5) is 14.4. The molecule has 21 heavy (non-hydrogen) atoms. The summed E-state index contributed by atoms with van der Waals surface area (Å²) in [6, 6.07) is 8.02. The molecule has 0 aliphatic carbocycles. The lowest BCUT2D eigenvalue weighted by molar-refractivity contribution is 0.0751. The van der Waals surface area contributed by atoms with Crippen molar-refractivity contribution in [2.24, 2.45) is 0 Å².